The molecule has 3 aromatic carbocycles. The molecule has 2 heterocycles. The highest BCUT2D eigenvalue weighted by molar-refractivity contribution is 7.87. The van der Waals surface area contributed by atoms with Gasteiger partial charge in [0.05, 0.1) is 20.9 Å². The maximum Gasteiger partial charge on any atom is 0.446 e. The van der Waals surface area contributed by atoms with E-state index in [-0.39, 0.29) is 22.6 Å². The highest BCUT2D eigenvalue weighted by Crippen LogP contribution is 2.37. The first-order valence-corrected chi connectivity index (χ1v) is 16.7. The van der Waals surface area contributed by atoms with Crippen molar-refractivity contribution in [1.29, 1.82) is 0 Å². The summed E-state index contributed by atoms with van der Waals surface area (Å²) in [4.78, 5) is 65.9. The summed E-state index contributed by atoms with van der Waals surface area (Å²) >= 11 is 0. The number of rotatable bonds is 8. The average molecular weight is 717 g/mol. The fourth-order valence-electron chi connectivity index (χ4n) is 4.91. The smallest absolute Gasteiger partial charge is 0.417 e. The Bertz CT molecular complexity index is 2360. The van der Waals surface area contributed by atoms with E-state index in [1.54, 1.807) is 18.2 Å². The van der Waals surface area contributed by atoms with Crippen molar-refractivity contribution in [3.8, 4) is 11.5 Å². The van der Waals surface area contributed by atoms with Crippen molar-refractivity contribution >= 4 is 60.9 Å². The molecule has 0 radical (unpaired) electrons. The van der Waals surface area contributed by atoms with Gasteiger partial charge in [-0.3, -0.25) is 14.4 Å². The molecule has 0 saturated heterocycles. The SMILES string of the molecule is [N-]=[N+]=C1C(=O)Oc2ccc(S(=O)(=O)OC3(OS(=O)(=O)c4ccc5c(c4)C(=O)C(=[N+]=[N-])C(=O)O5)C=CC(C(=O)c4ccccc4)=CC3)cc2C1=O. The molecule has 0 amide bonds. The van der Waals surface area contributed by atoms with Gasteiger partial charge in [-0.25, -0.2) is 18.0 Å². The number of carbonyl (C=O) groups is 5. The molecule has 250 valence electrons. The van der Waals surface area contributed by atoms with Crippen LogP contribution in [0.2, 0.25) is 0 Å². The molecule has 19 heteroatoms. The molecule has 0 bridgehead atoms. The van der Waals surface area contributed by atoms with Crippen LogP contribution in [0.1, 0.15) is 37.5 Å². The van der Waals surface area contributed by atoms with Crippen molar-refractivity contribution in [2.24, 2.45) is 0 Å². The van der Waals surface area contributed by atoms with E-state index in [0.29, 0.717) is 0 Å². The van der Waals surface area contributed by atoms with Gasteiger partial charge in [-0.2, -0.15) is 26.4 Å². The number of hydrogen-bond donors (Lipinski definition) is 0. The third-order valence-corrected chi connectivity index (χ3v) is 9.98. The van der Waals surface area contributed by atoms with Crippen LogP contribution in [-0.4, -0.2) is 72.9 Å². The van der Waals surface area contributed by atoms with Gasteiger partial charge >= 0.3 is 23.4 Å². The number of hydrogen-bond acceptors (Lipinski definition) is 13. The van der Waals surface area contributed by atoms with Crippen molar-refractivity contribution in [3.05, 3.63) is 118 Å². The van der Waals surface area contributed by atoms with Gasteiger partial charge in [-0.1, -0.05) is 36.4 Å². The number of esters is 2. The van der Waals surface area contributed by atoms with Gasteiger partial charge in [0.15, 0.2) is 5.78 Å². The summed E-state index contributed by atoms with van der Waals surface area (Å²) in [5.74, 6) is -8.93. The normalized spacial score (nSPS) is 18.6. The van der Waals surface area contributed by atoms with Crippen LogP contribution in [0.15, 0.2) is 100 Å². The van der Waals surface area contributed by atoms with Crippen LogP contribution < -0.4 is 9.47 Å². The van der Waals surface area contributed by atoms with Crippen LogP contribution in [0.5, 0.6) is 11.5 Å². The molecule has 0 unspecified atom stereocenters. The minimum absolute atomic E-state index is 0.0165. The van der Waals surface area contributed by atoms with Crippen LogP contribution in [-0.2, 0) is 38.2 Å². The van der Waals surface area contributed by atoms with Crippen LogP contribution in [0.25, 0.3) is 11.1 Å². The Morgan fingerprint density at radius 1 is 0.720 bits per heavy atom. The first-order valence-electron chi connectivity index (χ1n) is 13.8. The highest BCUT2D eigenvalue weighted by Gasteiger charge is 2.46. The summed E-state index contributed by atoms with van der Waals surface area (Å²) in [5.41, 5.74) is 15.3. The average Bonchev–Trinajstić information content (AvgIpc) is 3.08. The Morgan fingerprint density at radius 2 is 1.20 bits per heavy atom. The van der Waals surface area contributed by atoms with Gasteiger partial charge in [-0.05, 0) is 48.6 Å². The molecule has 0 aromatic heterocycles. The minimum Gasteiger partial charge on any atom is -0.417 e. The van der Waals surface area contributed by atoms with E-state index < -0.39 is 94.1 Å². The van der Waals surface area contributed by atoms with Crippen LogP contribution in [0, 0.1) is 0 Å². The van der Waals surface area contributed by atoms with Gasteiger partial charge in [-0.15, -0.1) is 0 Å². The van der Waals surface area contributed by atoms with Gasteiger partial charge in [0, 0.05) is 17.6 Å². The van der Waals surface area contributed by atoms with E-state index in [2.05, 4.69) is 9.58 Å². The zero-order valence-corrected chi connectivity index (χ0v) is 26.3. The number of benzene rings is 3. The Labute approximate surface area is 280 Å². The Kier molecular flexibility index (Phi) is 8.25. The maximum absolute atomic E-state index is 13.7. The summed E-state index contributed by atoms with van der Waals surface area (Å²) in [6.45, 7) is 0. The molecule has 1 aliphatic carbocycles. The van der Waals surface area contributed by atoms with Gasteiger partial charge in [0.2, 0.25) is 5.79 Å². The molecular weight excluding hydrogens is 700 g/mol. The quantitative estimate of drug-likeness (QED) is 0.0613. The summed E-state index contributed by atoms with van der Waals surface area (Å²) in [6, 6.07) is 13.0. The van der Waals surface area contributed by atoms with Gasteiger partial charge in [0.1, 0.15) is 11.5 Å². The monoisotopic (exact) mass is 716 g/mol. The van der Waals surface area contributed by atoms with Crippen molar-refractivity contribution in [2.45, 2.75) is 22.0 Å². The van der Waals surface area contributed by atoms with E-state index in [9.17, 15) is 40.8 Å². The third kappa shape index (κ3) is 5.95. The largest absolute Gasteiger partial charge is 0.446 e. The number of nitrogens with zero attached hydrogens (tertiary/aromatic N) is 4. The third-order valence-electron chi connectivity index (χ3n) is 7.31. The molecule has 3 aromatic rings. The van der Waals surface area contributed by atoms with Crippen molar-refractivity contribution < 1.29 is 68.2 Å². The molecule has 0 spiro atoms. The number of ketones is 3. The minimum atomic E-state index is -5.10. The van der Waals surface area contributed by atoms with E-state index in [1.165, 1.54) is 18.2 Å². The lowest BCUT2D eigenvalue weighted by Gasteiger charge is -2.30. The summed E-state index contributed by atoms with van der Waals surface area (Å²) in [7, 11) is -10.2. The number of allylic oxidation sites excluding steroid dienone is 2. The Balaban J connectivity index is 1.39. The first kappa shape index (κ1) is 33.6. The van der Waals surface area contributed by atoms with E-state index >= 15 is 0 Å². The molecule has 2 aliphatic heterocycles. The fraction of sp³-hybridized carbons (Fsp3) is 0.0645. The molecule has 0 saturated carbocycles. The van der Waals surface area contributed by atoms with E-state index in [4.69, 9.17) is 28.9 Å². The molecule has 17 nitrogen and oxygen atoms in total. The van der Waals surface area contributed by atoms with Crippen LogP contribution in [0.3, 0.4) is 0 Å². The summed E-state index contributed by atoms with van der Waals surface area (Å²) in [6.07, 6.45) is 2.40. The topological polar surface area (TPSA) is 263 Å². The van der Waals surface area contributed by atoms with Crippen molar-refractivity contribution in [3.63, 3.8) is 0 Å². The summed E-state index contributed by atoms with van der Waals surface area (Å²) < 4.78 is 75.1. The lowest BCUT2D eigenvalue weighted by atomic mass is 9.96. The second kappa shape index (κ2) is 12.3. The number of carbonyl (C=O) groups excluding carboxylic acids is 5. The number of fused-ring (bicyclic) bond motifs is 2. The molecule has 0 atom stereocenters. The molecule has 0 fully saturated rings. The number of Topliss-reactive ketones (excluding diaryl/α,β-unsaturated/α-hetero) is 3. The number of ether oxygens (including phenoxy) is 2. The predicted octanol–water partition coefficient (Wildman–Crippen LogP) is 1.81. The fourth-order valence-corrected chi connectivity index (χ4v) is 7.19. The highest BCUT2D eigenvalue weighted by atomic mass is 32.2. The first-order chi connectivity index (χ1) is 23.7. The second-order valence-corrected chi connectivity index (χ2v) is 13.5. The predicted molar refractivity (Wildman–Crippen MR) is 162 cm³/mol. The van der Waals surface area contributed by atoms with Crippen molar-refractivity contribution in [2.75, 3.05) is 0 Å². The molecule has 3 aliphatic rings. The standard InChI is InChI=1S/C31H16N4O13S2/c32-34-24-27(37)20-14-18(6-8-22(20)45-29(24)39)49(41,42)47-31(12-10-17(11-13-31)26(36)16-4-2-1-3-5-16)48-50(43,44)19-7-9-23-21(15-19)28(38)25(35-33)30(40)46-23/h1-12,14-15H,13H2. The summed E-state index contributed by atoms with van der Waals surface area (Å²) in [5, 5.41) is 0. The van der Waals surface area contributed by atoms with E-state index in [1.807, 2.05) is 0 Å². The Hall–Kier alpha value is -6.33. The van der Waals surface area contributed by atoms with Crippen molar-refractivity contribution in [1.82, 2.24) is 0 Å². The molecule has 50 heavy (non-hydrogen) atoms. The molecule has 0 N–H and O–H groups in total. The molecule has 6 rings (SSSR count). The second-order valence-electron chi connectivity index (χ2n) is 10.4. The Morgan fingerprint density at radius 3 is 1.62 bits per heavy atom. The van der Waals surface area contributed by atoms with Gasteiger partial charge in [0.25, 0.3) is 31.8 Å². The van der Waals surface area contributed by atoms with Crippen LogP contribution in [0.4, 0.5) is 0 Å². The zero-order chi connectivity index (χ0) is 36.0. The lowest BCUT2D eigenvalue weighted by molar-refractivity contribution is -0.132. The van der Waals surface area contributed by atoms with Crippen LogP contribution >= 0.6 is 0 Å². The maximum atomic E-state index is 13.7. The molecular formula is C31H16N4O13S2. The lowest BCUT2D eigenvalue weighted by Crippen LogP contribution is -2.40. The zero-order valence-electron chi connectivity index (χ0n) is 24.7. The van der Waals surface area contributed by atoms with E-state index in [0.717, 1.165) is 48.6 Å². The van der Waals surface area contributed by atoms with Gasteiger partial charge < -0.3 is 20.5 Å².